The largest absolute Gasteiger partial charge is 0.493 e. The summed E-state index contributed by atoms with van der Waals surface area (Å²) in [5, 5.41) is 11.1. The van der Waals surface area contributed by atoms with Crippen LogP contribution in [0.1, 0.15) is 27.9 Å². The van der Waals surface area contributed by atoms with Gasteiger partial charge in [0.25, 0.3) is 5.91 Å². The van der Waals surface area contributed by atoms with Crippen molar-refractivity contribution in [1.29, 1.82) is 0 Å². The lowest BCUT2D eigenvalue weighted by atomic mass is 9.89. The second-order valence-corrected chi connectivity index (χ2v) is 6.83. The van der Waals surface area contributed by atoms with Crippen molar-refractivity contribution in [2.24, 2.45) is 5.73 Å². The van der Waals surface area contributed by atoms with Gasteiger partial charge in [-0.2, -0.15) is 0 Å². The van der Waals surface area contributed by atoms with Crippen LogP contribution in [0.15, 0.2) is 42.5 Å². The molecule has 0 saturated carbocycles. The predicted molar refractivity (Wildman–Crippen MR) is 103 cm³/mol. The summed E-state index contributed by atoms with van der Waals surface area (Å²) in [7, 11) is 1.53. The Bertz CT molecular complexity index is 824. The molecule has 0 aliphatic carbocycles. The number of rotatable bonds is 6. The second kappa shape index (κ2) is 7.98. The zero-order valence-corrected chi connectivity index (χ0v) is 15.8. The maximum Gasteiger partial charge on any atom is 0.254 e. The average Bonchev–Trinajstić information content (AvgIpc) is 3.09. The molecule has 6 heteroatoms. The number of carbonyl (C=O) groups is 1. The summed E-state index contributed by atoms with van der Waals surface area (Å²) in [6, 6.07) is 12.8. The number of carbonyl (C=O) groups excluding carboxylic acids is 1. The molecule has 2 aromatic carbocycles. The third-order valence-electron chi connectivity index (χ3n) is 4.97. The van der Waals surface area contributed by atoms with Crippen LogP contribution in [0.2, 0.25) is 0 Å². The SMILES string of the molecule is COc1cc(C(=O)N2CC[C@](O)(c3ccccc3C)C2)ccc1OCCN. The first-order valence-electron chi connectivity index (χ1n) is 9.07. The molecule has 6 nitrogen and oxygen atoms in total. The van der Waals surface area contributed by atoms with Gasteiger partial charge in [0.2, 0.25) is 0 Å². The van der Waals surface area contributed by atoms with E-state index < -0.39 is 5.60 Å². The third-order valence-corrected chi connectivity index (χ3v) is 4.97. The van der Waals surface area contributed by atoms with Crippen molar-refractivity contribution in [3.05, 3.63) is 59.2 Å². The van der Waals surface area contributed by atoms with E-state index in [9.17, 15) is 9.90 Å². The molecule has 2 aromatic rings. The van der Waals surface area contributed by atoms with Crippen molar-refractivity contribution in [2.75, 3.05) is 33.4 Å². The van der Waals surface area contributed by atoms with Gasteiger partial charge in [0.15, 0.2) is 11.5 Å². The van der Waals surface area contributed by atoms with Gasteiger partial charge in [-0.1, -0.05) is 24.3 Å². The molecule has 1 aliphatic rings. The summed E-state index contributed by atoms with van der Waals surface area (Å²) >= 11 is 0. The molecular weight excluding hydrogens is 344 g/mol. The van der Waals surface area contributed by atoms with Crippen LogP contribution in [-0.4, -0.2) is 49.3 Å². The highest BCUT2D eigenvalue weighted by Crippen LogP contribution is 2.35. The average molecular weight is 370 g/mol. The van der Waals surface area contributed by atoms with E-state index in [4.69, 9.17) is 15.2 Å². The molecule has 0 spiro atoms. The number of aryl methyl sites for hydroxylation is 1. The van der Waals surface area contributed by atoms with Crippen molar-refractivity contribution >= 4 is 5.91 Å². The number of methoxy groups -OCH3 is 1. The Balaban J connectivity index is 1.78. The third kappa shape index (κ3) is 3.91. The van der Waals surface area contributed by atoms with Crippen LogP contribution in [0.4, 0.5) is 0 Å². The summed E-state index contributed by atoms with van der Waals surface area (Å²) in [6.45, 7) is 3.51. The molecule has 1 fully saturated rings. The topological polar surface area (TPSA) is 85.0 Å². The Morgan fingerprint density at radius 3 is 2.74 bits per heavy atom. The Morgan fingerprint density at radius 2 is 2.04 bits per heavy atom. The molecule has 3 N–H and O–H groups in total. The van der Waals surface area contributed by atoms with Crippen LogP contribution >= 0.6 is 0 Å². The van der Waals surface area contributed by atoms with Gasteiger partial charge in [0.05, 0.1) is 13.7 Å². The molecule has 3 rings (SSSR count). The molecule has 0 aromatic heterocycles. The van der Waals surface area contributed by atoms with E-state index >= 15 is 0 Å². The second-order valence-electron chi connectivity index (χ2n) is 6.83. The monoisotopic (exact) mass is 370 g/mol. The first kappa shape index (κ1) is 19.2. The number of ether oxygens (including phenoxy) is 2. The van der Waals surface area contributed by atoms with E-state index in [1.807, 2.05) is 31.2 Å². The fourth-order valence-corrected chi connectivity index (χ4v) is 3.55. The number of likely N-dealkylation sites (tertiary alicyclic amines) is 1. The highest BCUT2D eigenvalue weighted by atomic mass is 16.5. The molecular formula is C21H26N2O4. The minimum atomic E-state index is -1.02. The molecule has 1 saturated heterocycles. The molecule has 0 unspecified atom stereocenters. The van der Waals surface area contributed by atoms with Crippen molar-refractivity contribution < 1.29 is 19.4 Å². The normalized spacial score (nSPS) is 19.2. The van der Waals surface area contributed by atoms with Crippen molar-refractivity contribution in [2.45, 2.75) is 18.9 Å². The van der Waals surface area contributed by atoms with E-state index in [2.05, 4.69) is 0 Å². The lowest BCUT2D eigenvalue weighted by Gasteiger charge is -2.25. The molecule has 27 heavy (non-hydrogen) atoms. The van der Waals surface area contributed by atoms with Crippen molar-refractivity contribution in [3.63, 3.8) is 0 Å². The van der Waals surface area contributed by atoms with Gasteiger partial charge in [0.1, 0.15) is 12.2 Å². The number of benzene rings is 2. The van der Waals surface area contributed by atoms with Crippen molar-refractivity contribution in [3.8, 4) is 11.5 Å². The van der Waals surface area contributed by atoms with E-state index in [0.29, 0.717) is 43.2 Å². The molecule has 1 atom stereocenters. The quantitative estimate of drug-likeness (QED) is 0.813. The van der Waals surface area contributed by atoms with Gasteiger partial charge in [-0.25, -0.2) is 0 Å². The molecule has 1 amide bonds. The summed E-state index contributed by atoms with van der Waals surface area (Å²) < 4.78 is 10.9. The Labute approximate surface area is 159 Å². The predicted octanol–water partition coefficient (Wildman–Crippen LogP) is 2.07. The minimum Gasteiger partial charge on any atom is -0.493 e. The van der Waals surface area contributed by atoms with E-state index in [1.54, 1.807) is 23.1 Å². The lowest BCUT2D eigenvalue weighted by Crippen LogP contribution is -2.34. The Kier molecular flexibility index (Phi) is 5.68. The standard InChI is InChI=1S/C21H26N2O4/c1-15-5-3-4-6-17(15)21(25)9-11-23(14-21)20(24)16-7-8-18(27-12-10-22)19(13-16)26-2/h3-8,13,25H,9-12,14,22H2,1-2H3/t21-/m1/s1. The maximum atomic E-state index is 12.9. The lowest BCUT2D eigenvalue weighted by molar-refractivity contribution is 0.0412. The van der Waals surface area contributed by atoms with Crippen LogP contribution in [0.5, 0.6) is 11.5 Å². The molecule has 144 valence electrons. The number of nitrogens with zero attached hydrogens (tertiary/aromatic N) is 1. The first-order chi connectivity index (χ1) is 13.0. The van der Waals surface area contributed by atoms with Gasteiger partial charge >= 0.3 is 0 Å². The zero-order valence-electron chi connectivity index (χ0n) is 15.8. The Hall–Kier alpha value is -2.57. The van der Waals surface area contributed by atoms with Crippen molar-refractivity contribution in [1.82, 2.24) is 4.90 Å². The van der Waals surface area contributed by atoms with Gasteiger partial charge in [-0.15, -0.1) is 0 Å². The number of β-amino-alcohol motifs (C(OH)–C–C–N with tert-alkyl or cyclic N) is 1. The fourth-order valence-electron chi connectivity index (χ4n) is 3.55. The van der Waals surface area contributed by atoms with Gasteiger partial charge in [0, 0.05) is 18.7 Å². The minimum absolute atomic E-state index is 0.136. The smallest absolute Gasteiger partial charge is 0.254 e. The van der Waals surface area contributed by atoms with Gasteiger partial charge < -0.3 is 25.2 Å². The fraction of sp³-hybridized carbons (Fsp3) is 0.381. The number of hydrogen-bond donors (Lipinski definition) is 2. The zero-order chi connectivity index (χ0) is 19.4. The molecule has 1 heterocycles. The van der Waals surface area contributed by atoms with Crippen LogP contribution in [0.3, 0.4) is 0 Å². The van der Waals surface area contributed by atoms with Gasteiger partial charge in [-0.05, 0) is 42.7 Å². The summed E-state index contributed by atoms with van der Waals surface area (Å²) in [6.07, 6.45) is 0.512. The highest BCUT2D eigenvalue weighted by Gasteiger charge is 2.40. The van der Waals surface area contributed by atoms with E-state index in [0.717, 1.165) is 11.1 Å². The van der Waals surface area contributed by atoms with E-state index in [-0.39, 0.29) is 12.5 Å². The van der Waals surface area contributed by atoms with Crippen LogP contribution < -0.4 is 15.2 Å². The van der Waals surface area contributed by atoms with Crippen LogP contribution in [-0.2, 0) is 5.60 Å². The van der Waals surface area contributed by atoms with Crippen LogP contribution in [0.25, 0.3) is 0 Å². The molecule has 0 radical (unpaired) electrons. The van der Waals surface area contributed by atoms with Gasteiger partial charge in [-0.3, -0.25) is 4.79 Å². The summed E-state index contributed by atoms with van der Waals surface area (Å²) in [4.78, 5) is 14.6. The molecule has 1 aliphatic heterocycles. The molecule has 0 bridgehead atoms. The first-order valence-corrected chi connectivity index (χ1v) is 9.07. The van der Waals surface area contributed by atoms with Crippen LogP contribution in [0, 0.1) is 6.92 Å². The highest BCUT2D eigenvalue weighted by molar-refractivity contribution is 5.95. The maximum absolute atomic E-state index is 12.9. The number of hydrogen-bond acceptors (Lipinski definition) is 5. The number of nitrogens with two attached hydrogens (primary N) is 1. The summed E-state index contributed by atoms with van der Waals surface area (Å²) in [5.41, 5.74) is 6.85. The number of amides is 1. The summed E-state index contributed by atoms with van der Waals surface area (Å²) in [5.74, 6) is 0.906. The Morgan fingerprint density at radius 1 is 1.26 bits per heavy atom. The van der Waals surface area contributed by atoms with E-state index in [1.165, 1.54) is 7.11 Å². The number of aliphatic hydroxyl groups is 1.